The summed E-state index contributed by atoms with van der Waals surface area (Å²) in [5.41, 5.74) is 2.44. The Morgan fingerprint density at radius 1 is 1.26 bits per heavy atom. The van der Waals surface area contributed by atoms with Gasteiger partial charge < -0.3 is 10.1 Å². The van der Waals surface area contributed by atoms with E-state index in [1.807, 2.05) is 36.4 Å². The molecule has 0 saturated carbocycles. The van der Waals surface area contributed by atoms with Crippen LogP contribution in [0.25, 0.3) is 0 Å². The molecule has 0 aliphatic heterocycles. The molecule has 0 atom stereocenters. The maximum absolute atomic E-state index is 9.13. The second-order valence-corrected chi connectivity index (χ2v) is 4.89. The summed E-state index contributed by atoms with van der Waals surface area (Å²) in [6.07, 6.45) is 0. The molecule has 0 aromatic heterocycles. The smallest absolute Gasteiger partial charge is 0.143 e. The summed E-state index contributed by atoms with van der Waals surface area (Å²) < 4.78 is 6.31. The summed E-state index contributed by atoms with van der Waals surface area (Å²) in [6, 6.07) is 15.6. The van der Waals surface area contributed by atoms with E-state index in [9.17, 15) is 0 Å². The van der Waals surface area contributed by atoms with Crippen molar-refractivity contribution in [2.45, 2.75) is 6.54 Å². The molecule has 0 radical (unpaired) electrons. The van der Waals surface area contributed by atoms with E-state index in [4.69, 9.17) is 10.00 Å². The largest absolute Gasteiger partial charge is 0.495 e. The van der Waals surface area contributed by atoms with Crippen LogP contribution in [0, 0.1) is 11.3 Å². The zero-order valence-corrected chi connectivity index (χ0v) is 12.1. The lowest BCUT2D eigenvalue weighted by molar-refractivity contribution is 0.416. The summed E-state index contributed by atoms with van der Waals surface area (Å²) in [4.78, 5) is 0. The van der Waals surface area contributed by atoms with Crippen molar-refractivity contribution in [1.82, 2.24) is 0 Å². The molecule has 2 aromatic rings. The highest BCUT2D eigenvalue weighted by Gasteiger charge is 2.08. The van der Waals surface area contributed by atoms with Crippen molar-refractivity contribution in [3.63, 3.8) is 0 Å². The van der Waals surface area contributed by atoms with E-state index in [0.717, 1.165) is 15.7 Å². The van der Waals surface area contributed by atoms with E-state index >= 15 is 0 Å². The van der Waals surface area contributed by atoms with E-state index in [2.05, 4.69) is 27.3 Å². The van der Waals surface area contributed by atoms with Crippen molar-refractivity contribution in [2.75, 3.05) is 12.4 Å². The first kappa shape index (κ1) is 13.4. The summed E-state index contributed by atoms with van der Waals surface area (Å²) in [5.74, 6) is 0.675. The molecule has 0 aliphatic carbocycles. The number of nitrogens with zero attached hydrogens (tertiary/aromatic N) is 1. The molecule has 1 N–H and O–H groups in total. The van der Waals surface area contributed by atoms with Crippen LogP contribution in [0.1, 0.15) is 11.1 Å². The van der Waals surface area contributed by atoms with Gasteiger partial charge in [-0.1, -0.05) is 34.1 Å². The van der Waals surface area contributed by atoms with Crippen LogP contribution in [0.5, 0.6) is 5.75 Å². The Balaban J connectivity index is 2.22. The van der Waals surface area contributed by atoms with Gasteiger partial charge in [0.2, 0.25) is 0 Å². The summed E-state index contributed by atoms with van der Waals surface area (Å²) in [6.45, 7) is 0.633. The lowest BCUT2D eigenvalue weighted by Gasteiger charge is -2.12. The number of ether oxygens (including phenoxy) is 1. The molecule has 0 unspecified atom stereocenters. The van der Waals surface area contributed by atoms with Gasteiger partial charge in [0.1, 0.15) is 11.8 Å². The van der Waals surface area contributed by atoms with Gasteiger partial charge in [0, 0.05) is 11.0 Å². The molecule has 0 aliphatic rings. The fourth-order valence-electron chi connectivity index (χ4n) is 1.81. The normalized spacial score (nSPS) is 9.74. The van der Waals surface area contributed by atoms with Gasteiger partial charge in [-0.05, 0) is 29.8 Å². The zero-order chi connectivity index (χ0) is 13.7. The number of rotatable bonds is 4. The molecule has 0 bridgehead atoms. The number of hydrogen-bond donors (Lipinski definition) is 1. The predicted octanol–water partition coefficient (Wildman–Crippen LogP) is 3.94. The maximum atomic E-state index is 9.13. The predicted molar refractivity (Wildman–Crippen MR) is 79.2 cm³/mol. The number of benzene rings is 2. The minimum Gasteiger partial charge on any atom is -0.495 e. The van der Waals surface area contributed by atoms with Crippen LogP contribution in [0.4, 0.5) is 5.69 Å². The number of nitrogens with one attached hydrogen (secondary N) is 1. The fourth-order valence-corrected chi connectivity index (χ4v) is 2.26. The van der Waals surface area contributed by atoms with Gasteiger partial charge in [-0.15, -0.1) is 0 Å². The Kier molecular flexibility index (Phi) is 4.43. The standard InChI is InChI=1S/C15H13BrN2O/c1-19-14-7-3-5-12(9-17)15(14)18-10-11-4-2-6-13(16)8-11/h2-8,18H,10H2,1H3. The minimum absolute atomic E-state index is 0.578. The molecular weight excluding hydrogens is 304 g/mol. The third kappa shape index (κ3) is 3.27. The summed E-state index contributed by atoms with van der Waals surface area (Å²) in [5, 5.41) is 12.4. The van der Waals surface area contributed by atoms with E-state index in [0.29, 0.717) is 17.9 Å². The molecule has 0 fully saturated rings. The zero-order valence-electron chi connectivity index (χ0n) is 10.5. The van der Waals surface area contributed by atoms with Crippen LogP contribution in [0.15, 0.2) is 46.9 Å². The second-order valence-electron chi connectivity index (χ2n) is 3.98. The van der Waals surface area contributed by atoms with Gasteiger partial charge in [-0.25, -0.2) is 0 Å². The van der Waals surface area contributed by atoms with Crippen LogP contribution < -0.4 is 10.1 Å². The first-order valence-corrected chi connectivity index (χ1v) is 6.59. The fraction of sp³-hybridized carbons (Fsp3) is 0.133. The van der Waals surface area contributed by atoms with Crippen LogP contribution in [0.3, 0.4) is 0 Å². The van der Waals surface area contributed by atoms with E-state index < -0.39 is 0 Å². The van der Waals surface area contributed by atoms with Gasteiger partial charge in [0.15, 0.2) is 0 Å². The number of nitriles is 1. The van der Waals surface area contributed by atoms with Crippen molar-refractivity contribution in [3.8, 4) is 11.8 Å². The highest BCUT2D eigenvalue weighted by molar-refractivity contribution is 9.10. The van der Waals surface area contributed by atoms with E-state index in [-0.39, 0.29) is 0 Å². The third-order valence-electron chi connectivity index (χ3n) is 2.72. The molecular formula is C15H13BrN2O. The van der Waals surface area contributed by atoms with Gasteiger partial charge in [0.25, 0.3) is 0 Å². The van der Waals surface area contributed by atoms with Crippen molar-refractivity contribution in [3.05, 3.63) is 58.1 Å². The average Bonchev–Trinajstić information content (AvgIpc) is 2.44. The molecule has 0 amide bonds. The maximum Gasteiger partial charge on any atom is 0.143 e. The minimum atomic E-state index is 0.578. The first-order chi connectivity index (χ1) is 9.24. The van der Waals surface area contributed by atoms with E-state index in [1.54, 1.807) is 13.2 Å². The van der Waals surface area contributed by atoms with Crippen molar-refractivity contribution in [2.24, 2.45) is 0 Å². The van der Waals surface area contributed by atoms with Crippen molar-refractivity contribution in [1.29, 1.82) is 5.26 Å². The van der Waals surface area contributed by atoms with Gasteiger partial charge >= 0.3 is 0 Å². The molecule has 96 valence electrons. The quantitative estimate of drug-likeness (QED) is 0.929. The Bertz CT molecular complexity index is 620. The second kappa shape index (κ2) is 6.26. The topological polar surface area (TPSA) is 45.0 Å². The molecule has 0 spiro atoms. The number of hydrogen-bond acceptors (Lipinski definition) is 3. The molecule has 0 saturated heterocycles. The third-order valence-corrected chi connectivity index (χ3v) is 3.22. The van der Waals surface area contributed by atoms with Crippen LogP contribution in [-0.4, -0.2) is 7.11 Å². The van der Waals surface area contributed by atoms with Gasteiger partial charge in [-0.3, -0.25) is 0 Å². The Hall–Kier alpha value is -1.99. The Labute approximate surface area is 121 Å². The van der Waals surface area contributed by atoms with Gasteiger partial charge in [0.05, 0.1) is 18.4 Å². The molecule has 19 heavy (non-hydrogen) atoms. The monoisotopic (exact) mass is 316 g/mol. The number of para-hydroxylation sites is 1. The molecule has 0 heterocycles. The van der Waals surface area contributed by atoms with E-state index in [1.165, 1.54) is 0 Å². The first-order valence-electron chi connectivity index (χ1n) is 5.80. The number of halogens is 1. The molecule has 4 heteroatoms. The lowest BCUT2D eigenvalue weighted by atomic mass is 10.1. The SMILES string of the molecule is COc1cccc(C#N)c1NCc1cccc(Br)c1. The molecule has 2 aromatic carbocycles. The highest BCUT2D eigenvalue weighted by Crippen LogP contribution is 2.28. The number of methoxy groups -OCH3 is 1. The highest BCUT2D eigenvalue weighted by atomic mass is 79.9. The molecule has 2 rings (SSSR count). The molecule has 3 nitrogen and oxygen atoms in total. The summed E-state index contributed by atoms with van der Waals surface area (Å²) >= 11 is 3.44. The van der Waals surface area contributed by atoms with Crippen LogP contribution in [-0.2, 0) is 6.54 Å². The van der Waals surface area contributed by atoms with Crippen molar-refractivity contribution >= 4 is 21.6 Å². The Morgan fingerprint density at radius 3 is 2.74 bits per heavy atom. The van der Waals surface area contributed by atoms with Crippen LogP contribution in [0.2, 0.25) is 0 Å². The van der Waals surface area contributed by atoms with Crippen LogP contribution >= 0.6 is 15.9 Å². The van der Waals surface area contributed by atoms with Gasteiger partial charge in [-0.2, -0.15) is 5.26 Å². The lowest BCUT2D eigenvalue weighted by Crippen LogP contribution is -2.03. The summed E-state index contributed by atoms with van der Waals surface area (Å²) in [7, 11) is 1.60. The number of anilines is 1. The van der Waals surface area contributed by atoms with Crippen molar-refractivity contribution < 1.29 is 4.74 Å². The Morgan fingerprint density at radius 2 is 2.05 bits per heavy atom. The average molecular weight is 317 g/mol.